The van der Waals surface area contributed by atoms with Crippen LogP contribution in [0.5, 0.6) is 0 Å². The molecule has 92 valence electrons. The number of halogens is 1. The molecular formula is C13H15BrO3. The van der Waals surface area contributed by atoms with Gasteiger partial charge in [-0.3, -0.25) is 0 Å². The molecule has 0 aliphatic heterocycles. The molecule has 1 atom stereocenters. The molecule has 1 aromatic rings. The van der Waals surface area contributed by atoms with E-state index in [2.05, 4.69) is 15.9 Å². The smallest absolute Gasteiger partial charge is 0.335 e. The van der Waals surface area contributed by atoms with Crippen LogP contribution in [0, 0.1) is 5.92 Å². The van der Waals surface area contributed by atoms with Gasteiger partial charge < -0.3 is 9.47 Å². The summed E-state index contributed by atoms with van der Waals surface area (Å²) in [6, 6.07) is 7.88. The SMILES string of the molecule is COC(=O)C(OCc1ccc(Br)cc1)C1CC1. The average molecular weight is 299 g/mol. The third-order valence-electron chi connectivity index (χ3n) is 2.83. The predicted molar refractivity (Wildman–Crippen MR) is 67.5 cm³/mol. The fourth-order valence-electron chi connectivity index (χ4n) is 1.68. The Bertz CT molecular complexity index is 384. The molecule has 0 aromatic heterocycles. The van der Waals surface area contributed by atoms with Gasteiger partial charge in [-0.15, -0.1) is 0 Å². The van der Waals surface area contributed by atoms with Gasteiger partial charge in [0.1, 0.15) is 0 Å². The van der Waals surface area contributed by atoms with E-state index in [0.717, 1.165) is 22.9 Å². The molecule has 17 heavy (non-hydrogen) atoms. The molecule has 0 heterocycles. The van der Waals surface area contributed by atoms with Gasteiger partial charge in [0.05, 0.1) is 13.7 Å². The molecule has 1 saturated carbocycles. The first-order chi connectivity index (χ1) is 8.20. The molecule has 1 unspecified atom stereocenters. The summed E-state index contributed by atoms with van der Waals surface area (Å²) < 4.78 is 11.4. The number of methoxy groups -OCH3 is 1. The van der Waals surface area contributed by atoms with E-state index in [0.29, 0.717) is 12.5 Å². The highest BCUT2D eigenvalue weighted by atomic mass is 79.9. The third-order valence-corrected chi connectivity index (χ3v) is 3.36. The van der Waals surface area contributed by atoms with Crippen LogP contribution >= 0.6 is 15.9 Å². The number of rotatable bonds is 5. The van der Waals surface area contributed by atoms with Crippen molar-refractivity contribution in [3.05, 3.63) is 34.3 Å². The maximum absolute atomic E-state index is 11.5. The molecule has 0 bridgehead atoms. The summed E-state index contributed by atoms with van der Waals surface area (Å²) in [4.78, 5) is 11.5. The number of carbonyl (C=O) groups is 1. The van der Waals surface area contributed by atoms with Crippen LogP contribution in [-0.4, -0.2) is 19.2 Å². The van der Waals surface area contributed by atoms with Gasteiger partial charge in [0.15, 0.2) is 6.10 Å². The monoisotopic (exact) mass is 298 g/mol. The zero-order valence-corrected chi connectivity index (χ0v) is 11.3. The number of hydrogen-bond donors (Lipinski definition) is 0. The van der Waals surface area contributed by atoms with E-state index in [1.165, 1.54) is 7.11 Å². The van der Waals surface area contributed by atoms with E-state index in [-0.39, 0.29) is 5.97 Å². The molecule has 2 rings (SSSR count). The number of benzene rings is 1. The molecule has 1 aromatic carbocycles. The molecule has 0 N–H and O–H groups in total. The zero-order chi connectivity index (χ0) is 12.3. The standard InChI is InChI=1S/C13H15BrO3/c1-16-13(15)12(10-4-5-10)17-8-9-2-6-11(14)7-3-9/h2-3,6-7,10,12H,4-5,8H2,1H3. The number of carbonyl (C=O) groups excluding carboxylic acids is 1. The van der Waals surface area contributed by atoms with Crippen molar-refractivity contribution in [1.29, 1.82) is 0 Å². The van der Waals surface area contributed by atoms with Gasteiger partial charge in [0, 0.05) is 4.47 Å². The summed E-state index contributed by atoms with van der Waals surface area (Å²) in [7, 11) is 1.40. The van der Waals surface area contributed by atoms with Crippen LogP contribution in [0.25, 0.3) is 0 Å². The Balaban J connectivity index is 1.90. The van der Waals surface area contributed by atoms with Gasteiger partial charge in [-0.2, -0.15) is 0 Å². The molecule has 4 heteroatoms. The zero-order valence-electron chi connectivity index (χ0n) is 9.69. The molecule has 1 fully saturated rings. The summed E-state index contributed by atoms with van der Waals surface area (Å²) in [6.45, 7) is 0.448. The second-order valence-corrected chi connectivity index (χ2v) is 5.13. The van der Waals surface area contributed by atoms with Crippen molar-refractivity contribution in [2.75, 3.05) is 7.11 Å². The largest absolute Gasteiger partial charge is 0.467 e. The predicted octanol–water partition coefficient (Wildman–Crippen LogP) is 2.92. The maximum Gasteiger partial charge on any atom is 0.335 e. The Labute approximate surface area is 109 Å². The highest BCUT2D eigenvalue weighted by Crippen LogP contribution is 2.35. The molecule has 3 nitrogen and oxygen atoms in total. The molecule has 0 radical (unpaired) electrons. The normalized spacial score (nSPS) is 16.6. The van der Waals surface area contributed by atoms with Crippen molar-refractivity contribution in [2.24, 2.45) is 5.92 Å². The fraction of sp³-hybridized carbons (Fsp3) is 0.462. The van der Waals surface area contributed by atoms with Crippen LogP contribution in [0.4, 0.5) is 0 Å². The van der Waals surface area contributed by atoms with Crippen LogP contribution in [0.15, 0.2) is 28.7 Å². The lowest BCUT2D eigenvalue weighted by molar-refractivity contribution is -0.156. The van der Waals surface area contributed by atoms with Crippen molar-refractivity contribution in [2.45, 2.75) is 25.6 Å². The molecular weight excluding hydrogens is 284 g/mol. The Morgan fingerprint density at radius 3 is 2.59 bits per heavy atom. The van der Waals surface area contributed by atoms with E-state index >= 15 is 0 Å². The lowest BCUT2D eigenvalue weighted by atomic mass is 10.2. The topological polar surface area (TPSA) is 35.5 Å². The summed E-state index contributed by atoms with van der Waals surface area (Å²) in [5.74, 6) is 0.0857. The van der Waals surface area contributed by atoms with Crippen LogP contribution < -0.4 is 0 Å². The van der Waals surface area contributed by atoms with Crippen LogP contribution in [0.3, 0.4) is 0 Å². The Morgan fingerprint density at radius 1 is 1.41 bits per heavy atom. The van der Waals surface area contributed by atoms with Crippen molar-refractivity contribution < 1.29 is 14.3 Å². The molecule has 1 aliphatic rings. The first-order valence-electron chi connectivity index (χ1n) is 5.64. The van der Waals surface area contributed by atoms with E-state index in [1.54, 1.807) is 0 Å². The summed E-state index contributed by atoms with van der Waals surface area (Å²) >= 11 is 3.38. The van der Waals surface area contributed by atoms with Crippen molar-refractivity contribution >= 4 is 21.9 Å². The third kappa shape index (κ3) is 3.54. The van der Waals surface area contributed by atoms with Crippen molar-refractivity contribution in [3.8, 4) is 0 Å². The summed E-state index contributed by atoms with van der Waals surface area (Å²) in [5, 5.41) is 0. The van der Waals surface area contributed by atoms with Crippen molar-refractivity contribution in [3.63, 3.8) is 0 Å². The first kappa shape index (κ1) is 12.6. The lowest BCUT2D eigenvalue weighted by Crippen LogP contribution is -2.27. The summed E-state index contributed by atoms with van der Waals surface area (Å²) in [5.41, 5.74) is 1.06. The average Bonchev–Trinajstić information content (AvgIpc) is 3.16. The van der Waals surface area contributed by atoms with Gasteiger partial charge in [0.2, 0.25) is 0 Å². The van der Waals surface area contributed by atoms with Gasteiger partial charge in [0.25, 0.3) is 0 Å². The number of esters is 1. The van der Waals surface area contributed by atoms with Crippen LogP contribution in [-0.2, 0) is 20.9 Å². The fourth-order valence-corrected chi connectivity index (χ4v) is 1.94. The minimum absolute atomic E-state index is 0.260. The second-order valence-electron chi connectivity index (χ2n) is 4.22. The van der Waals surface area contributed by atoms with E-state index in [9.17, 15) is 4.79 Å². The Kier molecular flexibility index (Phi) is 4.18. The van der Waals surface area contributed by atoms with Crippen molar-refractivity contribution in [1.82, 2.24) is 0 Å². The van der Waals surface area contributed by atoms with Crippen LogP contribution in [0.2, 0.25) is 0 Å². The lowest BCUT2D eigenvalue weighted by Gasteiger charge is -2.14. The first-order valence-corrected chi connectivity index (χ1v) is 6.44. The quantitative estimate of drug-likeness (QED) is 0.784. The van der Waals surface area contributed by atoms with Gasteiger partial charge in [-0.25, -0.2) is 4.79 Å². The number of hydrogen-bond acceptors (Lipinski definition) is 3. The Hall–Kier alpha value is -0.870. The number of ether oxygens (including phenoxy) is 2. The molecule has 0 saturated heterocycles. The maximum atomic E-state index is 11.5. The van der Waals surface area contributed by atoms with Gasteiger partial charge in [-0.1, -0.05) is 28.1 Å². The van der Waals surface area contributed by atoms with E-state index < -0.39 is 6.10 Å². The Morgan fingerprint density at radius 2 is 2.06 bits per heavy atom. The highest BCUT2D eigenvalue weighted by Gasteiger charge is 2.37. The molecule has 0 spiro atoms. The molecule has 1 aliphatic carbocycles. The second kappa shape index (κ2) is 5.65. The van der Waals surface area contributed by atoms with Gasteiger partial charge >= 0.3 is 5.97 Å². The highest BCUT2D eigenvalue weighted by molar-refractivity contribution is 9.10. The van der Waals surface area contributed by atoms with Crippen LogP contribution in [0.1, 0.15) is 18.4 Å². The van der Waals surface area contributed by atoms with E-state index in [1.807, 2.05) is 24.3 Å². The minimum atomic E-state index is -0.399. The summed E-state index contributed by atoms with van der Waals surface area (Å²) in [6.07, 6.45) is 1.71. The van der Waals surface area contributed by atoms with E-state index in [4.69, 9.17) is 9.47 Å². The minimum Gasteiger partial charge on any atom is -0.467 e. The van der Waals surface area contributed by atoms with Gasteiger partial charge in [-0.05, 0) is 36.5 Å². The molecule has 0 amide bonds.